The van der Waals surface area contributed by atoms with Gasteiger partial charge in [-0.25, -0.2) is 14.5 Å². The van der Waals surface area contributed by atoms with Crippen molar-refractivity contribution in [1.82, 2.24) is 19.7 Å². The van der Waals surface area contributed by atoms with Crippen molar-refractivity contribution in [2.75, 3.05) is 0 Å². The van der Waals surface area contributed by atoms with E-state index >= 15 is 0 Å². The molecule has 0 saturated heterocycles. The van der Waals surface area contributed by atoms with Crippen LogP contribution in [-0.4, -0.2) is 30.8 Å². The van der Waals surface area contributed by atoms with Crippen LogP contribution in [0.15, 0.2) is 42.7 Å². The van der Waals surface area contributed by atoms with Gasteiger partial charge in [-0.2, -0.15) is 5.10 Å². The summed E-state index contributed by atoms with van der Waals surface area (Å²) in [5.41, 5.74) is 2.86. The summed E-state index contributed by atoms with van der Waals surface area (Å²) >= 11 is 0. The first kappa shape index (κ1) is 21.7. The van der Waals surface area contributed by atoms with E-state index in [9.17, 15) is 9.90 Å². The number of rotatable bonds is 11. The minimum absolute atomic E-state index is 0.258. The van der Waals surface area contributed by atoms with Crippen LogP contribution in [-0.2, 0) is 19.4 Å². The number of hydrogen-bond donors (Lipinski definition) is 1. The summed E-state index contributed by atoms with van der Waals surface area (Å²) in [6, 6.07) is 9.50. The summed E-state index contributed by atoms with van der Waals surface area (Å²) in [5, 5.41) is 14.2. The van der Waals surface area contributed by atoms with Gasteiger partial charge in [0.15, 0.2) is 5.82 Å². The van der Waals surface area contributed by atoms with Crippen LogP contribution < -0.4 is 0 Å². The number of carboxylic acid groups (broad SMARTS) is 1. The Labute approximate surface area is 178 Å². The van der Waals surface area contributed by atoms with Crippen molar-refractivity contribution in [2.24, 2.45) is 0 Å². The molecule has 0 aliphatic rings. The Bertz CT molecular complexity index is 964. The van der Waals surface area contributed by atoms with Gasteiger partial charge in [0.1, 0.15) is 5.82 Å². The highest BCUT2D eigenvalue weighted by Crippen LogP contribution is 2.24. The van der Waals surface area contributed by atoms with Gasteiger partial charge in [-0.15, -0.1) is 0 Å². The van der Waals surface area contributed by atoms with Gasteiger partial charge in [-0.3, -0.25) is 4.98 Å². The van der Waals surface area contributed by atoms with Crippen LogP contribution in [0.3, 0.4) is 0 Å². The van der Waals surface area contributed by atoms with Crippen molar-refractivity contribution in [3.63, 3.8) is 0 Å². The van der Waals surface area contributed by atoms with Crippen LogP contribution in [0.5, 0.6) is 0 Å². The molecule has 1 N–H and O–H groups in total. The number of aromatic carboxylic acids is 1. The van der Waals surface area contributed by atoms with Crippen LogP contribution in [0.2, 0.25) is 0 Å². The zero-order chi connectivity index (χ0) is 21.3. The molecule has 0 radical (unpaired) electrons. The fourth-order valence-corrected chi connectivity index (χ4v) is 3.48. The molecule has 6 nitrogen and oxygen atoms in total. The average molecular weight is 407 g/mol. The van der Waals surface area contributed by atoms with E-state index < -0.39 is 5.97 Å². The van der Waals surface area contributed by atoms with Gasteiger partial charge in [0.2, 0.25) is 0 Å². The van der Waals surface area contributed by atoms with E-state index in [0.717, 1.165) is 55.0 Å². The SMILES string of the molecule is CCCCCn1nc(CCCC)nc1Cc1ccc(-c2cnccc2C(=O)O)cc1. The summed E-state index contributed by atoms with van der Waals surface area (Å²) < 4.78 is 2.07. The first-order valence-electron chi connectivity index (χ1n) is 10.8. The Morgan fingerprint density at radius 2 is 1.80 bits per heavy atom. The van der Waals surface area contributed by atoms with Crippen molar-refractivity contribution in [3.8, 4) is 11.1 Å². The third kappa shape index (κ3) is 5.53. The fourth-order valence-electron chi connectivity index (χ4n) is 3.48. The van der Waals surface area contributed by atoms with E-state index in [1.54, 1.807) is 6.20 Å². The summed E-state index contributed by atoms with van der Waals surface area (Å²) in [5.74, 6) is 0.982. The third-order valence-electron chi connectivity index (χ3n) is 5.20. The summed E-state index contributed by atoms with van der Waals surface area (Å²) in [7, 11) is 0. The molecule has 1 aromatic carbocycles. The zero-order valence-corrected chi connectivity index (χ0v) is 17.8. The molecular formula is C24H30N4O2. The molecule has 0 spiro atoms. The summed E-state index contributed by atoms with van der Waals surface area (Å²) in [6.07, 6.45) is 10.4. The quantitative estimate of drug-likeness (QED) is 0.445. The number of aromatic nitrogens is 4. The highest BCUT2D eigenvalue weighted by molar-refractivity contribution is 5.95. The van der Waals surface area contributed by atoms with Gasteiger partial charge in [-0.1, -0.05) is 57.4 Å². The lowest BCUT2D eigenvalue weighted by molar-refractivity contribution is 0.0697. The molecule has 0 unspecified atom stereocenters. The molecular weight excluding hydrogens is 376 g/mol. The second-order valence-corrected chi connectivity index (χ2v) is 7.58. The molecule has 30 heavy (non-hydrogen) atoms. The molecule has 158 valence electrons. The van der Waals surface area contributed by atoms with Crippen LogP contribution >= 0.6 is 0 Å². The van der Waals surface area contributed by atoms with E-state index in [2.05, 4.69) is 23.5 Å². The van der Waals surface area contributed by atoms with Gasteiger partial charge in [0, 0.05) is 37.3 Å². The number of pyridine rings is 1. The number of nitrogens with zero attached hydrogens (tertiary/aromatic N) is 4. The minimum atomic E-state index is -0.948. The molecule has 2 aromatic heterocycles. The normalized spacial score (nSPS) is 11.0. The molecule has 3 rings (SSSR count). The van der Waals surface area contributed by atoms with E-state index in [0.29, 0.717) is 12.0 Å². The van der Waals surface area contributed by atoms with Gasteiger partial charge < -0.3 is 5.11 Å². The smallest absolute Gasteiger partial charge is 0.336 e. The highest BCUT2D eigenvalue weighted by atomic mass is 16.4. The van der Waals surface area contributed by atoms with Crippen molar-refractivity contribution >= 4 is 5.97 Å². The van der Waals surface area contributed by atoms with Crippen molar-refractivity contribution in [3.05, 3.63) is 65.5 Å². The maximum absolute atomic E-state index is 11.5. The van der Waals surface area contributed by atoms with Crippen molar-refractivity contribution in [1.29, 1.82) is 0 Å². The van der Waals surface area contributed by atoms with Gasteiger partial charge in [0.25, 0.3) is 0 Å². The molecule has 0 fully saturated rings. The first-order chi connectivity index (χ1) is 14.6. The van der Waals surface area contributed by atoms with E-state index in [4.69, 9.17) is 10.1 Å². The molecule has 2 heterocycles. The second kappa shape index (κ2) is 10.7. The standard InChI is InChI=1S/C24H30N4O2/c1-3-5-7-15-28-23(26-22(27-28)8-6-4-2)16-18-9-11-19(12-10-18)21-17-25-14-13-20(21)24(29)30/h9-14,17H,3-8,15-16H2,1-2H3,(H,29,30). The van der Waals surface area contributed by atoms with Crippen LogP contribution in [0.25, 0.3) is 11.1 Å². The van der Waals surface area contributed by atoms with E-state index in [1.807, 2.05) is 24.3 Å². The first-order valence-corrected chi connectivity index (χ1v) is 10.8. The molecule has 0 aliphatic heterocycles. The topological polar surface area (TPSA) is 80.9 Å². The Morgan fingerprint density at radius 1 is 1.03 bits per heavy atom. The number of carbonyl (C=O) groups is 1. The minimum Gasteiger partial charge on any atom is -0.478 e. The second-order valence-electron chi connectivity index (χ2n) is 7.58. The Kier molecular flexibility index (Phi) is 7.71. The maximum Gasteiger partial charge on any atom is 0.336 e. The Morgan fingerprint density at radius 3 is 2.50 bits per heavy atom. The summed E-state index contributed by atoms with van der Waals surface area (Å²) in [4.78, 5) is 20.4. The van der Waals surface area contributed by atoms with Crippen LogP contribution in [0.1, 0.15) is 73.5 Å². The van der Waals surface area contributed by atoms with Gasteiger partial charge in [0.05, 0.1) is 5.56 Å². The Balaban J connectivity index is 1.79. The van der Waals surface area contributed by atoms with E-state index in [1.165, 1.54) is 25.1 Å². The molecule has 3 aromatic rings. The Hall–Kier alpha value is -3.02. The molecule has 0 bridgehead atoms. The van der Waals surface area contributed by atoms with Gasteiger partial charge in [-0.05, 0) is 30.0 Å². The van der Waals surface area contributed by atoms with Crippen LogP contribution in [0, 0.1) is 0 Å². The third-order valence-corrected chi connectivity index (χ3v) is 5.20. The largest absolute Gasteiger partial charge is 0.478 e. The van der Waals surface area contributed by atoms with Gasteiger partial charge >= 0.3 is 5.97 Å². The molecule has 0 amide bonds. The lowest BCUT2D eigenvalue weighted by atomic mass is 10.00. The summed E-state index contributed by atoms with van der Waals surface area (Å²) in [6.45, 7) is 5.28. The monoisotopic (exact) mass is 406 g/mol. The highest BCUT2D eigenvalue weighted by Gasteiger charge is 2.13. The lowest BCUT2D eigenvalue weighted by Crippen LogP contribution is -2.07. The number of aryl methyl sites for hydroxylation is 2. The molecule has 0 saturated carbocycles. The maximum atomic E-state index is 11.5. The number of hydrogen-bond acceptors (Lipinski definition) is 4. The average Bonchev–Trinajstić information content (AvgIpc) is 3.14. The number of carboxylic acids is 1. The van der Waals surface area contributed by atoms with Crippen LogP contribution in [0.4, 0.5) is 0 Å². The van der Waals surface area contributed by atoms with Crippen molar-refractivity contribution < 1.29 is 9.90 Å². The molecule has 6 heteroatoms. The number of benzene rings is 1. The predicted molar refractivity (Wildman–Crippen MR) is 118 cm³/mol. The predicted octanol–water partition coefficient (Wildman–Crippen LogP) is 5.16. The zero-order valence-electron chi connectivity index (χ0n) is 17.8. The number of unbranched alkanes of at least 4 members (excludes halogenated alkanes) is 3. The molecule has 0 aliphatic carbocycles. The fraction of sp³-hybridized carbons (Fsp3) is 0.417. The molecule has 0 atom stereocenters. The van der Waals surface area contributed by atoms with Crippen molar-refractivity contribution in [2.45, 2.75) is 65.3 Å². The van der Waals surface area contributed by atoms with E-state index in [-0.39, 0.29) is 5.56 Å². The lowest BCUT2D eigenvalue weighted by Gasteiger charge is -2.08.